The summed E-state index contributed by atoms with van der Waals surface area (Å²) >= 11 is 0. The third kappa shape index (κ3) is 2.39. The third-order valence-corrected chi connectivity index (χ3v) is 3.94. The number of hydrogen-bond acceptors (Lipinski definition) is 3. The van der Waals surface area contributed by atoms with Crippen molar-refractivity contribution in [2.24, 2.45) is 5.92 Å². The maximum absolute atomic E-state index is 9.02. The zero-order valence-electron chi connectivity index (χ0n) is 11.5. The van der Waals surface area contributed by atoms with E-state index in [-0.39, 0.29) is 0 Å². The molecule has 4 nitrogen and oxygen atoms in total. The van der Waals surface area contributed by atoms with E-state index in [0.29, 0.717) is 5.56 Å². The summed E-state index contributed by atoms with van der Waals surface area (Å²) in [5.41, 5.74) is 2.55. The van der Waals surface area contributed by atoms with Gasteiger partial charge in [0.05, 0.1) is 24.9 Å². The largest absolute Gasteiger partial charge is 0.496 e. The number of benzene rings is 1. The van der Waals surface area contributed by atoms with Gasteiger partial charge in [0.15, 0.2) is 0 Å². The Morgan fingerprint density at radius 3 is 2.95 bits per heavy atom. The minimum Gasteiger partial charge on any atom is -0.496 e. The standard InChI is InChI=1S/C16H17N3O/c1-20-16-6-5-13(8-17)7-15(16)14-9-18-19(11-14)10-12-3-2-4-12/h5-7,9,11-12H,2-4,10H2,1H3. The summed E-state index contributed by atoms with van der Waals surface area (Å²) in [4.78, 5) is 0. The predicted molar refractivity (Wildman–Crippen MR) is 76.3 cm³/mol. The van der Waals surface area contributed by atoms with Crippen LogP contribution in [0.4, 0.5) is 0 Å². The molecular formula is C16H17N3O. The number of methoxy groups -OCH3 is 1. The van der Waals surface area contributed by atoms with Crippen molar-refractivity contribution in [1.82, 2.24) is 9.78 Å². The van der Waals surface area contributed by atoms with Crippen molar-refractivity contribution in [3.63, 3.8) is 0 Å². The highest BCUT2D eigenvalue weighted by molar-refractivity contribution is 5.71. The Labute approximate surface area is 118 Å². The number of aromatic nitrogens is 2. The second-order valence-electron chi connectivity index (χ2n) is 5.27. The summed E-state index contributed by atoms with van der Waals surface area (Å²) in [6, 6.07) is 7.61. The first kappa shape index (κ1) is 12.7. The van der Waals surface area contributed by atoms with Gasteiger partial charge in [-0.15, -0.1) is 0 Å². The third-order valence-electron chi connectivity index (χ3n) is 3.94. The van der Waals surface area contributed by atoms with E-state index in [1.54, 1.807) is 13.2 Å². The van der Waals surface area contributed by atoms with Gasteiger partial charge >= 0.3 is 0 Å². The van der Waals surface area contributed by atoms with Crippen molar-refractivity contribution in [1.29, 1.82) is 5.26 Å². The molecular weight excluding hydrogens is 250 g/mol. The van der Waals surface area contributed by atoms with E-state index >= 15 is 0 Å². The van der Waals surface area contributed by atoms with E-state index in [4.69, 9.17) is 10.00 Å². The highest BCUT2D eigenvalue weighted by Crippen LogP contribution is 2.32. The molecule has 102 valence electrons. The van der Waals surface area contributed by atoms with Crippen molar-refractivity contribution in [3.8, 4) is 22.9 Å². The molecule has 0 amide bonds. The van der Waals surface area contributed by atoms with Crippen LogP contribution in [0.25, 0.3) is 11.1 Å². The average Bonchev–Trinajstić information content (AvgIpc) is 2.90. The molecule has 1 aliphatic carbocycles. The molecule has 0 bridgehead atoms. The van der Waals surface area contributed by atoms with Crippen LogP contribution in [0.2, 0.25) is 0 Å². The Kier molecular flexibility index (Phi) is 3.42. The summed E-state index contributed by atoms with van der Waals surface area (Å²) < 4.78 is 7.37. The fraction of sp³-hybridized carbons (Fsp3) is 0.375. The van der Waals surface area contributed by atoms with Gasteiger partial charge in [-0.25, -0.2) is 0 Å². The zero-order chi connectivity index (χ0) is 13.9. The van der Waals surface area contributed by atoms with Gasteiger partial charge in [0.2, 0.25) is 0 Å². The van der Waals surface area contributed by atoms with Crippen LogP contribution < -0.4 is 4.74 Å². The number of ether oxygens (including phenoxy) is 1. The predicted octanol–water partition coefficient (Wildman–Crippen LogP) is 3.23. The van der Waals surface area contributed by atoms with Crippen LogP contribution in [0.1, 0.15) is 24.8 Å². The lowest BCUT2D eigenvalue weighted by Gasteiger charge is -2.24. The minimum absolute atomic E-state index is 0.632. The van der Waals surface area contributed by atoms with E-state index in [9.17, 15) is 0 Å². The first-order chi connectivity index (χ1) is 9.80. The molecule has 0 atom stereocenters. The normalized spacial score (nSPS) is 14.6. The molecule has 20 heavy (non-hydrogen) atoms. The van der Waals surface area contributed by atoms with E-state index in [1.807, 2.05) is 29.2 Å². The number of rotatable bonds is 4. The van der Waals surface area contributed by atoms with Gasteiger partial charge in [0.25, 0.3) is 0 Å². The quantitative estimate of drug-likeness (QED) is 0.854. The number of nitriles is 1. The molecule has 2 aromatic rings. The molecule has 1 aromatic carbocycles. The van der Waals surface area contributed by atoms with Crippen molar-refractivity contribution in [2.45, 2.75) is 25.8 Å². The smallest absolute Gasteiger partial charge is 0.126 e. The van der Waals surface area contributed by atoms with Crippen LogP contribution in [0, 0.1) is 17.2 Å². The molecule has 0 radical (unpaired) electrons. The molecule has 0 aliphatic heterocycles. The number of hydrogen-bond donors (Lipinski definition) is 0. The highest BCUT2D eigenvalue weighted by atomic mass is 16.5. The van der Waals surface area contributed by atoms with Gasteiger partial charge in [-0.2, -0.15) is 10.4 Å². The SMILES string of the molecule is COc1ccc(C#N)cc1-c1cnn(CC2CCC2)c1. The molecule has 4 heteroatoms. The van der Waals surface area contributed by atoms with Crippen molar-refractivity contribution in [2.75, 3.05) is 7.11 Å². The molecule has 1 heterocycles. The molecule has 1 aromatic heterocycles. The lowest BCUT2D eigenvalue weighted by molar-refractivity contribution is 0.266. The molecule has 1 fully saturated rings. The molecule has 3 rings (SSSR count). The Hall–Kier alpha value is -2.28. The van der Waals surface area contributed by atoms with Gasteiger partial charge < -0.3 is 4.74 Å². The second-order valence-corrected chi connectivity index (χ2v) is 5.27. The van der Waals surface area contributed by atoms with Crippen molar-refractivity contribution >= 4 is 0 Å². The van der Waals surface area contributed by atoms with Crippen LogP contribution in [0.15, 0.2) is 30.6 Å². The molecule has 0 spiro atoms. The monoisotopic (exact) mass is 267 g/mol. The van der Waals surface area contributed by atoms with Crippen LogP contribution in [0.3, 0.4) is 0 Å². The van der Waals surface area contributed by atoms with Gasteiger partial charge in [-0.3, -0.25) is 4.68 Å². The van der Waals surface area contributed by atoms with Crippen LogP contribution in [-0.4, -0.2) is 16.9 Å². The Bertz CT molecular complexity index is 650. The van der Waals surface area contributed by atoms with Gasteiger partial charge in [-0.05, 0) is 37.0 Å². The van der Waals surface area contributed by atoms with Crippen LogP contribution in [0.5, 0.6) is 5.75 Å². The van der Waals surface area contributed by atoms with Gasteiger partial charge in [-0.1, -0.05) is 6.42 Å². The molecule has 1 aliphatic rings. The Balaban J connectivity index is 1.89. The fourth-order valence-corrected chi connectivity index (χ4v) is 2.55. The molecule has 1 saturated carbocycles. The molecule has 0 unspecified atom stereocenters. The van der Waals surface area contributed by atoms with Crippen molar-refractivity contribution in [3.05, 3.63) is 36.2 Å². The molecule has 0 N–H and O–H groups in total. The first-order valence-corrected chi connectivity index (χ1v) is 6.91. The van der Waals surface area contributed by atoms with Gasteiger partial charge in [0, 0.05) is 23.9 Å². The lowest BCUT2D eigenvalue weighted by atomic mass is 9.85. The number of nitrogens with zero attached hydrogens (tertiary/aromatic N) is 3. The Morgan fingerprint density at radius 1 is 1.45 bits per heavy atom. The van der Waals surface area contributed by atoms with E-state index in [0.717, 1.165) is 29.3 Å². The summed E-state index contributed by atoms with van der Waals surface area (Å²) in [6.45, 7) is 0.986. The van der Waals surface area contributed by atoms with Crippen LogP contribution >= 0.6 is 0 Å². The fourth-order valence-electron chi connectivity index (χ4n) is 2.55. The lowest BCUT2D eigenvalue weighted by Crippen LogP contribution is -2.18. The van der Waals surface area contributed by atoms with Crippen LogP contribution in [-0.2, 0) is 6.54 Å². The van der Waals surface area contributed by atoms with E-state index in [2.05, 4.69) is 11.2 Å². The Morgan fingerprint density at radius 2 is 2.30 bits per heavy atom. The molecule has 0 saturated heterocycles. The first-order valence-electron chi connectivity index (χ1n) is 6.91. The topological polar surface area (TPSA) is 50.8 Å². The van der Waals surface area contributed by atoms with E-state index in [1.165, 1.54) is 19.3 Å². The van der Waals surface area contributed by atoms with Gasteiger partial charge in [0.1, 0.15) is 5.75 Å². The maximum atomic E-state index is 9.02. The summed E-state index contributed by atoms with van der Waals surface area (Å²) in [6.07, 6.45) is 7.84. The summed E-state index contributed by atoms with van der Waals surface area (Å²) in [5, 5.41) is 13.4. The maximum Gasteiger partial charge on any atom is 0.126 e. The summed E-state index contributed by atoms with van der Waals surface area (Å²) in [7, 11) is 1.64. The van der Waals surface area contributed by atoms with E-state index < -0.39 is 0 Å². The zero-order valence-corrected chi connectivity index (χ0v) is 11.5. The highest BCUT2D eigenvalue weighted by Gasteiger charge is 2.18. The van der Waals surface area contributed by atoms with Crippen molar-refractivity contribution < 1.29 is 4.74 Å². The summed E-state index contributed by atoms with van der Waals surface area (Å²) in [5.74, 6) is 1.54. The minimum atomic E-state index is 0.632. The average molecular weight is 267 g/mol. The second kappa shape index (κ2) is 5.38.